The van der Waals surface area contributed by atoms with Crippen LogP contribution in [0.2, 0.25) is 0 Å². The summed E-state index contributed by atoms with van der Waals surface area (Å²) in [5.41, 5.74) is 2.44. The Morgan fingerprint density at radius 3 is 2.76 bits per heavy atom. The number of hydrogen-bond acceptors (Lipinski definition) is 6. The highest BCUT2D eigenvalue weighted by Gasteiger charge is 2.36. The summed E-state index contributed by atoms with van der Waals surface area (Å²) in [6, 6.07) is 7.31. The number of methoxy groups -OCH3 is 1. The van der Waals surface area contributed by atoms with Crippen molar-refractivity contribution < 1.29 is 19.1 Å². The lowest BCUT2D eigenvalue weighted by Crippen LogP contribution is -2.38. The predicted octanol–water partition coefficient (Wildman–Crippen LogP) is 4.53. The smallest absolute Gasteiger partial charge is 0.411 e. The standard InChI is InChI=1S/C21H24BrN3O4/c1-21(2,3)29-20(27)25-12-13-9-14(22)5-6-15(13)18(25)11-24-17-10-23-8-7-16(17)19(26)28-4/h5-10,18,24H,11-12H2,1-4H3/t18-/m0/s1. The third-order valence-corrected chi connectivity index (χ3v) is 5.01. The van der Waals surface area contributed by atoms with Gasteiger partial charge < -0.3 is 14.8 Å². The van der Waals surface area contributed by atoms with Gasteiger partial charge in [0.25, 0.3) is 0 Å². The van der Waals surface area contributed by atoms with Crippen LogP contribution in [-0.4, -0.2) is 41.2 Å². The van der Waals surface area contributed by atoms with E-state index in [0.717, 1.165) is 15.6 Å². The van der Waals surface area contributed by atoms with Crippen LogP contribution < -0.4 is 5.32 Å². The minimum absolute atomic E-state index is 0.251. The van der Waals surface area contributed by atoms with Crippen LogP contribution in [0.15, 0.2) is 41.1 Å². The Morgan fingerprint density at radius 2 is 2.07 bits per heavy atom. The second-order valence-corrected chi connectivity index (χ2v) is 8.68. The van der Waals surface area contributed by atoms with Crippen LogP contribution in [0.3, 0.4) is 0 Å². The predicted molar refractivity (Wildman–Crippen MR) is 113 cm³/mol. The van der Waals surface area contributed by atoms with Crippen LogP contribution in [0, 0.1) is 0 Å². The van der Waals surface area contributed by atoms with Crippen LogP contribution in [-0.2, 0) is 16.0 Å². The number of halogens is 1. The van der Waals surface area contributed by atoms with E-state index in [4.69, 9.17) is 9.47 Å². The Morgan fingerprint density at radius 1 is 1.31 bits per heavy atom. The normalized spacial score (nSPS) is 15.6. The van der Waals surface area contributed by atoms with Crippen molar-refractivity contribution in [3.8, 4) is 0 Å². The molecule has 1 aromatic carbocycles. The molecule has 0 unspecified atom stereocenters. The van der Waals surface area contributed by atoms with E-state index >= 15 is 0 Å². The molecule has 1 aromatic heterocycles. The molecule has 1 atom stereocenters. The second kappa shape index (κ2) is 8.41. The van der Waals surface area contributed by atoms with E-state index in [1.807, 2.05) is 39.0 Å². The lowest BCUT2D eigenvalue weighted by Gasteiger charge is -2.29. The first kappa shape index (κ1) is 21.1. The number of esters is 1. The van der Waals surface area contributed by atoms with E-state index in [1.165, 1.54) is 13.3 Å². The molecule has 0 bridgehead atoms. The van der Waals surface area contributed by atoms with Gasteiger partial charge in [0.05, 0.1) is 37.1 Å². The van der Waals surface area contributed by atoms with Gasteiger partial charge in [-0.1, -0.05) is 22.0 Å². The Labute approximate surface area is 178 Å². The molecule has 0 saturated carbocycles. The monoisotopic (exact) mass is 461 g/mol. The van der Waals surface area contributed by atoms with Gasteiger partial charge in [0.2, 0.25) is 0 Å². The summed E-state index contributed by atoms with van der Waals surface area (Å²) in [6.45, 7) is 6.37. The summed E-state index contributed by atoms with van der Waals surface area (Å²) in [7, 11) is 1.34. The van der Waals surface area contributed by atoms with Gasteiger partial charge in [0.1, 0.15) is 5.60 Å². The maximum atomic E-state index is 12.8. The van der Waals surface area contributed by atoms with Crippen LogP contribution in [0.25, 0.3) is 0 Å². The van der Waals surface area contributed by atoms with E-state index in [-0.39, 0.29) is 12.1 Å². The minimum atomic E-state index is -0.591. The third-order valence-electron chi connectivity index (χ3n) is 4.52. The highest BCUT2D eigenvalue weighted by atomic mass is 79.9. The average molecular weight is 462 g/mol. The summed E-state index contributed by atoms with van der Waals surface area (Å²) in [4.78, 5) is 30.6. The summed E-state index contributed by atoms with van der Waals surface area (Å²) in [6.07, 6.45) is 2.73. The van der Waals surface area contributed by atoms with Crippen molar-refractivity contribution in [3.05, 3.63) is 57.8 Å². The first-order chi connectivity index (χ1) is 13.7. The minimum Gasteiger partial charge on any atom is -0.465 e. The van der Waals surface area contributed by atoms with Crippen LogP contribution in [0.4, 0.5) is 10.5 Å². The van der Waals surface area contributed by atoms with Crippen LogP contribution in [0.5, 0.6) is 0 Å². The molecule has 0 spiro atoms. The zero-order valence-electron chi connectivity index (χ0n) is 16.9. The number of anilines is 1. The number of rotatable bonds is 4. The molecule has 2 aromatic rings. The zero-order chi connectivity index (χ0) is 21.2. The molecule has 0 aliphatic carbocycles. The van der Waals surface area contributed by atoms with E-state index < -0.39 is 11.6 Å². The molecule has 154 valence electrons. The summed E-state index contributed by atoms with van der Waals surface area (Å²) >= 11 is 3.49. The van der Waals surface area contributed by atoms with Crippen molar-refractivity contribution in [2.45, 2.75) is 39.0 Å². The van der Waals surface area contributed by atoms with E-state index in [0.29, 0.717) is 24.3 Å². The van der Waals surface area contributed by atoms with Crippen LogP contribution >= 0.6 is 15.9 Å². The quantitative estimate of drug-likeness (QED) is 0.673. The molecular formula is C21H24BrN3O4. The maximum Gasteiger partial charge on any atom is 0.411 e. The number of aromatic nitrogens is 1. The SMILES string of the molecule is COC(=O)c1ccncc1NC[C@H]1c2ccc(Br)cc2CN1C(=O)OC(C)(C)C. The zero-order valence-corrected chi connectivity index (χ0v) is 18.4. The van der Waals surface area contributed by atoms with Crippen molar-refractivity contribution in [2.24, 2.45) is 0 Å². The fraction of sp³-hybridized carbons (Fsp3) is 0.381. The van der Waals surface area contributed by atoms with Gasteiger partial charge in [-0.2, -0.15) is 0 Å². The van der Waals surface area contributed by atoms with E-state index in [2.05, 4.69) is 26.2 Å². The van der Waals surface area contributed by atoms with Crippen molar-refractivity contribution >= 4 is 33.7 Å². The Bertz CT molecular complexity index is 926. The number of hydrogen-bond donors (Lipinski definition) is 1. The van der Waals surface area contributed by atoms with Gasteiger partial charge >= 0.3 is 12.1 Å². The highest BCUT2D eigenvalue weighted by molar-refractivity contribution is 9.10. The lowest BCUT2D eigenvalue weighted by atomic mass is 10.0. The van der Waals surface area contributed by atoms with Gasteiger partial charge in [-0.3, -0.25) is 9.88 Å². The summed E-state index contributed by atoms with van der Waals surface area (Å²) in [5, 5.41) is 3.25. The largest absolute Gasteiger partial charge is 0.465 e. The molecule has 29 heavy (non-hydrogen) atoms. The van der Waals surface area contributed by atoms with E-state index in [9.17, 15) is 9.59 Å². The molecular weight excluding hydrogens is 438 g/mol. The molecule has 1 aliphatic heterocycles. The molecule has 7 nitrogen and oxygen atoms in total. The number of pyridine rings is 1. The molecule has 0 radical (unpaired) electrons. The number of fused-ring (bicyclic) bond motifs is 1. The van der Waals surface area contributed by atoms with Crippen molar-refractivity contribution in [1.29, 1.82) is 0 Å². The molecule has 8 heteroatoms. The average Bonchev–Trinajstić information content (AvgIpc) is 3.02. The Balaban J connectivity index is 1.86. The summed E-state index contributed by atoms with van der Waals surface area (Å²) < 4.78 is 11.4. The fourth-order valence-corrected chi connectivity index (χ4v) is 3.67. The van der Waals surface area contributed by atoms with Crippen LogP contribution in [0.1, 0.15) is 48.3 Å². The number of carbonyl (C=O) groups excluding carboxylic acids is 2. The topological polar surface area (TPSA) is 80.8 Å². The second-order valence-electron chi connectivity index (χ2n) is 7.76. The van der Waals surface area contributed by atoms with Crippen molar-refractivity contribution in [3.63, 3.8) is 0 Å². The molecule has 1 aliphatic rings. The molecule has 0 saturated heterocycles. The lowest BCUT2D eigenvalue weighted by molar-refractivity contribution is 0.0182. The maximum absolute atomic E-state index is 12.8. The van der Waals surface area contributed by atoms with Crippen molar-refractivity contribution in [2.75, 3.05) is 19.0 Å². The molecule has 2 heterocycles. The highest BCUT2D eigenvalue weighted by Crippen LogP contribution is 2.36. The van der Waals surface area contributed by atoms with Gasteiger partial charge in [-0.15, -0.1) is 0 Å². The number of ether oxygens (including phenoxy) is 2. The molecule has 0 fully saturated rings. The number of amides is 1. The van der Waals surface area contributed by atoms with Gasteiger partial charge in [0, 0.05) is 17.2 Å². The third kappa shape index (κ3) is 4.87. The van der Waals surface area contributed by atoms with Crippen molar-refractivity contribution in [1.82, 2.24) is 9.88 Å². The van der Waals surface area contributed by atoms with Gasteiger partial charge in [-0.25, -0.2) is 9.59 Å². The van der Waals surface area contributed by atoms with Gasteiger partial charge in [-0.05, 0) is 50.1 Å². The van der Waals surface area contributed by atoms with Gasteiger partial charge in [0.15, 0.2) is 0 Å². The van der Waals surface area contributed by atoms with E-state index in [1.54, 1.807) is 17.2 Å². The molecule has 1 amide bonds. The summed E-state index contributed by atoms with van der Waals surface area (Å²) in [5.74, 6) is -0.449. The number of benzene rings is 1. The Kier molecular flexibility index (Phi) is 6.12. The number of carbonyl (C=O) groups is 2. The fourth-order valence-electron chi connectivity index (χ4n) is 3.26. The number of nitrogens with zero attached hydrogens (tertiary/aromatic N) is 2. The Hall–Kier alpha value is -2.61. The first-order valence-corrected chi connectivity index (χ1v) is 10.0. The number of nitrogens with one attached hydrogen (secondary N) is 1. The first-order valence-electron chi connectivity index (χ1n) is 9.24. The molecule has 1 N–H and O–H groups in total. The molecule has 3 rings (SSSR count).